The van der Waals surface area contributed by atoms with Gasteiger partial charge in [0.15, 0.2) is 5.65 Å². The summed E-state index contributed by atoms with van der Waals surface area (Å²) < 4.78 is 1.85. The number of aromatic nitrogens is 5. The largest absolute Gasteiger partial charge is 0.264 e. The molecule has 0 spiro atoms. The number of hydrogen-bond acceptors (Lipinski definition) is 4. The minimum absolute atomic E-state index is 0.0824. The molecule has 96 valence electrons. The van der Waals surface area contributed by atoms with E-state index in [1.54, 1.807) is 12.4 Å². The van der Waals surface area contributed by atoms with Gasteiger partial charge in [-0.15, -0.1) is 0 Å². The van der Waals surface area contributed by atoms with Crippen molar-refractivity contribution >= 4 is 22.8 Å². The Bertz CT molecular complexity index is 695. The highest BCUT2D eigenvalue weighted by Crippen LogP contribution is 2.24. The van der Waals surface area contributed by atoms with Crippen LogP contribution in [0.1, 0.15) is 24.9 Å². The topological polar surface area (TPSA) is 56.5 Å². The van der Waals surface area contributed by atoms with Gasteiger partial charge < -0.3 is 0 Å². The summed E-state index contributed by atoms with van der Waals surface area (Å²) in [6, 6.07) is 4.04. The van der Waals surface area contributed by atoms with E-state index >= 15 is 0 Å². The Morgan fingerprint density at radius 3 is 2.95 bits per heavy atom. The molecule has 19 heavy (non-hydrogen) atoms. The van der Waals surface area contributed by atoms with Gasteiger partial charge in [0.2, 0.25) is 0 Å². The predicted molar refractivity (Wildman–Crippen MR) is 73.0 cm³/mol. The lowest BCUT2D eigenvalue weighted by Gasteiger charge is -2.16. The molecule has 0 N–H and O–H groups in total. The first kappa shape index (κ1) is 12.0. The number of hydrogen-bond donors (Lipinski definition) is 0. The molecule has 0 aliphatic rings. The van der Waals surface area contributed by atoms with Crippen molar-refractivity contribution in [1.29, 1.82) is 0 Å². The highest BCUT2D eigenvalue weighted by atomic mass is 35.5. The van der Waals surface area contributed by atoms with Crippen molar-refractivity contribution in [3.63, 3.8) is 0 Å². The van der Waals surface area contributed by atoms with Crippen LogP contribution in [0, 0.1) is 0 Å². The van der Waals surface area contributed by atoms with Gasteiger partial charge >= 0.3 is 0 Å². The van der Waals surface area contributed by atoms with Gasteiger partial charge in [-0.05, 0) is 18.1 Å². The van der Waals surface area contributed by atoms with Crippen LogP contribution in [0.15, 0.2) is 36.9 Å². The van der Waals surface area contributed by atoms with Crippen LogP contribution >= 0.6 is 11.6 Å². The summed E-state index contributed by atoms with van der Waals surface area (Å²) in [4.78, 5) is 12.7. The van der Waals surface area contributed by atoms with E-state index in [1.165, 1.54) is 6.20 Å². The van der Waals surface area contributed by atoms with Crippen LogP contribution in [0.4, 0.5) is 0 Å². The Balaban J connectivity index is 2.14. The number of fused-ring (bicyclic) bond motifs is 1. The van der Waals surface area contributed by atoms with Crippen LogP contribution < -0.4 is 0 Å². The molecular formula is C13H12ClN5. The van der Waals surface area contributed by atoms with Crippen LogP contribution in [0.3, 0.4) is 0 Å². The fourth-order valence-corrected chi connectivity index (χ4v) is 2.28. The minimum Gasteiger partial charge on any atom is -0.264 e. The smallest absolute Gasteiger partial charge is 0.178 e. The van der Waals surface area contributed by atoms with Crippen molar-refractivity contribution in [3.05, 3.63) is 47.6 Å². The summed E-state index contributed by atoms with van der Waals surface area (Å²) in [6.07, 6.45) is 7.73. The van der Waals surface area contributed by atoms with Gasteiger partial charge in [-0.3, -0.25) is 4.98 Å². The summed E-state index contributed by atoms with van der Waals surface area (Å²) in [5.74, 6) is 0. The molecule has 3 rings (SSSR count). The van der Waals surface area contributed by atoms with Gasteiger partial charge in [0.1, 0.15) is 10.7 Å². The number of rotatable bonds is 3. The second kappa shape index (κ2) is 4.93. The van der Waals surface area contributed by atoms with Crippen LogP contribution in [0.2, 0.25) is 5.15 Å². The third-order valence-corrected chi connectivity index (χ3v) is 3.21. The van der Waals surface area contributed by atoms with E-state index in [0.29, 0.717) is 10.8 Å². The molecule has 3 aromatic heterocycles. The summed E-state index contributed by atoms with van der Waals surface area (Å²) in [7, 11) is 0. The Hall–Kier alpha value is -2.01. The third-order valence-electron chi connectivity index (χ3n) is 3.02. The Labute approximate surface area is 115 Å². The van der Waals surface area contributed by atoms with Gasteiger partial charge in [-0.25, -0.2) is 14.6 Å². The average molecular weight is 274 g/mol. The van der Waals surface area contributed by atoms with E-state index in [4.69, 9.17) is 11.6 Å². The summed E-state index contributed by atoms with van der Waals surface area (Å²) in [6.45, 7) is 2.10. The van der Waals surface area contributed by atoms with Crippen LogP contribution in [0.5, 0.6) is 0 Å². The second-order valence-corrected chi connectivity index (χ2v) is 4.59. The van der Waals surface area contributed by atoms with E-state index in [2.05, 4.69) is 27.0 Å². The normalized spacial score (nSPS) is 12.7. The van der Waals surface area contributed by atoms with Crippen molar-refractivity contribution in [2.24, 2.45) is 0 Å². The molecule has 0 saturated heterocycles. The predicted octanol–water partition coefficient (Wildman–Crippen LogP) is 2.87. The molecule has 0 radical (unpaired) electrons. The minimum atomic E-state index is 0.0824. The highest BCUT2D eigenvalue weighted by Gasteiger charge is 2.16. The lowest BCUT2D eigenvalue weighted by Crippen LogP contribution is -2.12. The molecule has 0 aliphatic heterocycles. The average Bonchev–Trinajstić information content (AvgIpc) is 2.84. The van der Waals surface area contributed by atoms with E-state index in [1.807, 2.05) is 23.0 Å². The van der Waals surface area contributed by atoms with Crippen LogP contribution in [0.25, 0.3) is 11.2 Å². The maximum Gasteiger partial charge on any atom is 0.178 e. The second-order valence-electron chi connectivity index (χ2n) is 4.20. The molecular weight excluding hydrogens is 262 g/mol. The molecule has 6 heteroatoms. The van der Waals surface area contributed by atoms with E-state index in [9.17, 15) is 0 Å². The van der Waals surface area contributed by atoms with E-state index < -0.39 is 0 Å². The molecule has 0 bridgehead atoms. The lowest BCUT2D eigenvalue weighted by atomic mass is 10.1. The SMILES string of the molecule is CC[C@@H](c1cccnc1)n1ncc2ncc(Cl)nc21. The van der Waals surface area contributed by atoms with Crippen molar-refractivity contribution in [2.75, 3.05) is 0 Å². The molecule has 0 saturated carbocycles. The highest BCUT2D eigenvalue weighted by molar-refractivity contribution is 6.29. The number of halogens is 1. The van der Waals surface area contributed by atoms with Gasteiger partial charge in [-0.1, -0.05) is 24.6 Å². The van der Waals surface area contributed by atoms with Gasteiger partial charge in [0.05, 0.1) is 18.4 Å². The standard InChI is InChI=1S/C13H12ClN5/c1-2-11(9-4-3-5-15-6-9)19-13-10(7-17-19)16-8-12(14)18-13/h3-8,11H,2H2,1H3/t11-/m0/s1. The Kier molecular flexibility index (Phi) is 3.13. The zero-order valence-corrected chi connectivity index (χ0v) is 11.1. The Morgan fingerprint density at radius 2 is 2.21 bits per heavy atom. The molecule has 3 aromatic rings. The molecule has 0 amide bonds. The summed E-state index contributed by atoms with van der Waals surface area (Å²) in [5.41, 5.74) is 2.53. The van der Waals surface area contributed by atoms with E-state index in [-0.39, 0.29) is 6.04 Å². The molecule has 3 heterocycles. The van der Waals surface area contributed by atoms with Gasteiger partial charge in [0.25, 0.3) is 0 Å². The first-order valence-electron chi connectivity index (χ1n) is 6.05. The van der Waals surface area contributed by atoms with Crippen molar-refractivity contribution in [1.82, 2.24) is 24.7 Å². The Morgan fingerprint density at radius 1 is 1.32 bits per heavy atom. The molecule has 0 unspecified atom stereocenters. The van der Waals surface area contributed by atoms with Crippen molar-refractivity contribution < 1.29 is 0 Å². The number of pyridine rings is 1. The molecule has 0 fully saturated rings. The maximum atomic E-state index is 5.91. The summed E-state index contributed by atoms with van der Waals surface area (Å²) >= 11 is 5.91. The summed E-state index contributed by atoms with van der Waals surface area (Å²) in [5, 5.41) is 4.76. The molecule has 5 nitrogen and oxygen atoms in total. The zero-order chi connectivity index (χ0) is 13.2. The van der Waals surface area contributed by atoms with Crippen molar-refractivity contribution in [3.8, 4) is 0 Å². The fourth-order valence-electron chi connectivity index (χ4n) is 2.15. The third kappa shape index (κ3) is 2.17. The maximum absolute atomic E-state index is 5.91. The molecule has 1 atom stereocenters. The quantitative estimate of drug-likeness (QED) is 0.736. The lowest BCUT2D eigenvalue weighted by molar-refractivity contribution is 0.520. The zero-order valence-electron chi connectivity index (χ0n) is 10.4. The molecule has 0 aromatic carbocycles. The van der Waals surface area contributed by atoms with Crippen LogP contribution in [-0.2, 0) is 0 Å². The van der Waals surface area contributed by atoms with Crippen molar-refractivity contribution in [2.45, 2.75) is 19.4 Å². The fraction of sp³-hybridized carbons (Fsp3) is 0.231. The molecule has 0 aliphatic carbocycles. The van der Waals surface area contributed by atoms with E-state index in [0.717, 1.165) is 17.5 Å². The van der Waals surface area contributed by atoms with Gasteiger partial charge in [-0.2, -0.15) is 5.10 Å². The first-order chi connectivity index (χ1) is 9.29. The number of nitrogens with zero attached hydrogens (tertiary/aromatic N) is 5. The first-order valence-corrected chi connectivity index (χ1v) is 6.43. The van der Waals surface area contributed by atoms with Gasteiger partial charge in [0, 0.05) is 12.4 Å². The van der Waals surface area contributed by atoms with Crippen LogP contribution in [-0.4, -0.2) is 24.7 Å². The monoisotopic (exact) mass is 273 g/mol.